The van der Waals surface area contributed by atoms with Crippen LogP contribution in [0.4, 0.5) is 0 Å². The molecule has 0 amide bonds. The van der Waals surface area contributed by atoms with E-state index in [9.17, 15) is 9.90 Å². The van der Waals surface area contributed by atoms with Crippen molar-refractivity contribution in [2.45, 2.75) is 19.9 Å². The number of fused-ring (bicyclic) bond motifs is 1. The average molecular weight is 309 g/mol. The number of phenolic OH excluding ortho intramolecular Hbond substituents is 1. The molecule has 4 heteroatoms. The number of rotatable bonds is 4. The van der Waals surface area contributed by atoms with Crippen LogP contribution in [-0.4, -0.2) is 12.2 Å². The molecule has 0 bridgehead atoms. The molecule has 2 N–H and O–H groups in total. The molecule has 1 aromatic heterocycles. The number of hydrogen-bond acceptors (Lipinski definition) is 4. The number of benzene rings is 2. The molecule has 3 rings (SSSR count). The van der Waals surface area contributed by atoms with Crippen molar-refractivity contribution in [3.05, 3.63) is 63.8 Å². The van der Waals surface area contributed by atoms with E-state index in [-0.39, 0.29) is 11.2 Å². The SMILES string of the molecule is CCc1c(-c2ccccc2)oc2c(CNC)c(O)ccc2c1=O. The van der Waals surface area contributed by atoms with Gasteiger partial charge in [-0.2, -0.15) is 0 Å². The number of aromatic hydroxyl groups is 1. The van der Waals surface area contributed by atoms with E-state index in [0.29, 0.717) is 40.8 Å². The Morgan fingerprint density at radius 2 is 1.83 bits per heavy atom. The Morgan fingerprint density at radius 3 is 2.48 bits per heavy atom. The minimum absolute atomic E-state index is 0.0371. The van der Waals surface area contributed by atoms with E-state index in [0.717, 1.165) is 5.56 Å². The van der Waals surface area contributed by atoms with Gasteiger partial charge in [-0.1, -0.05) is 37.3 Å². The summed E-state index contributed by atoms with van der Waals surface area (Å²) in [7, 11) is 1.79. The lowest BCUT2D eigenvalue weighted by Gasteiger charge is -2.12. The Bertz CT molecular complexity index is 898. The lowest BCUT2D eigenvalue weighted by Crippen LogP contribution is -2.13. The summed E-state index contributed by atoms with van der Waals surface area (Å²) < 4.78 is 6.12. The van der Waals surface area contributed by atoms with Gasteiger partial charge >= 0.3 is 0 Å². The first-order valence-corrected chi connectivity index (χ1v) is 7.68. The zero-order valence-electron chi connectivity index (χ0n) is 13.2. The minimum atomic E-state index is -0.0371. The van der Waals surface area contributed by atoms with Crippen molar-refractivity contribution in [2.24, 2.45) is 0 Å². The first-order valence-electron chi connectivity index (χ1n) is 7.68. The maximum absolute atomic E-state index is 12.9. The van der Waals surface area contributed by atoms with Gasteiger partial charge in [0.2, 0.25) is 0 Å². The third kappa shape index (κ3) is 2.62. The molecule has 1 heterocycles. The Balaban J connectivity index is 2.41. The van der Waals surface area contributed by atoms with Gasteiger partial charge in [0.15, 0.2) is 5.43 Å². The zero-order valence-corrected chi connectivity index (χ0v) is 13.2. The summed E-state index contributed by atoms with van der Waals surface area (Å²) in [6.45, 7) is 2.37. The molecule has 0 unspecified atom stereocenters. The van der Waals surface area contributed by atoms with Gasteiger partial charge in [-0.3, -0.25) is 4.79 Å². The molecule has 0 radical (unpaired) electrons. The Morgan fingerprint density at radius 1 is 1.09 bits per heavy atom. The quantitative estimate of drug-likeness (QED) is 0.775. The van der Waals surface area contributed by atoms with Crippen molar-refractivity contribution in [1.82, 2.24) is 5.32 Å². The van der Waals surface area contributed by atoms with Crippen molar-refractivity contribution < 1.29 is 9.52 Å². The summed E-state index contributed by atoms with van der Waals surface area (Å²) in [5, 5.41) is 13.6. The van der Waals surface area contributed by atoms with E-state index in [1.54, 1.807) is 19.2 Å². The molecule has 0 fully saturated rings. The predicted octanol–water partition coefficient (Wildman–Crippen LogP) is 3.45. The van der Waals surface area contributed by atoms with E-state index < -0.39 is 0 Å². The Labute approximate surface area is 134 Å². The summed E-state index contributed by atoms with van der Waals surface area (Å²) in [4.78, 5) is 12.9. The van der Waals surface area contributed by atoms with Gasteiger partial charge in [0.05, 0.1) is 10.9 Å². The predicted molar refractivity (Wildman–Crippen MR) is 91.7 cm³/mol. The topological polar surface area (TPSA) is 62.5 Å². The van der Waals surface area contributed by atoms with Crippen molar-refractivity contribution in [1.29, 1.82) is 0 Å². The van der Waals surface area contributed by atoms with Crippen molar-refractivity contribution in [3.63, 3.8) is 0 Å². The van der Waals surface area contributed by atoms with Crippen LogP contribution in [0.5, 0.6) is 5.75 Å². The molecule has 23 heavy (non-hydrogen) atoms. The minimum Gasteiger partial charge on any atom is -0.507 e. The van der Waals surface area contributed by atoms with E-state index >= 15 is 0 Å². The van der Waals surface area contributed by atoms with E-state index in [1.165, 1.54) is 0 Å². The Kier molecular flexibility index (Phi) is 4.17. The summed E-state index contributed by atoms with van der Waals surface area (Å²) in [5.74, 6) is 0.701. The standard InChI is InChI=1S/C19H19NO3/c1-3-13-17(22)14-9-10-16(21)15(11-20-2)19(14)23-18(13)12-7-5-4-6-8-12/h4-10,20-21H,3,11H2,1-2H3. The molecule has 0 saturated carbocycles. The van der Waals surface area contributed by atoms with Gasteiger partial charge < -0.3 is 14.8 Å². The average Bonchev–Trinajstić information content (AvgIpc) is 2.58. The highest BCUT2D eigenvalue weighted by Gasteiger charge is 2.18. The van der Waals surface area contributed by atoms with Crippen molar-refractivity contribution in [2.75, 3.05) is 7.05 Å². The molecule has 0 spiro atoms. The van der Waals surface area contributed by atoms with E-state index in [4.69, 9.17) is 4.42 Å². The van der Waals surface area contributed by atoms with E-state index in [1.807, 2.05) is 37.3 Å². The van der Waals surface area contributed by atoms with Gasteiger partial charge in [-0.15, -0.1) is 0 Å². The first kappa shape index (κ1) is 15.3. The largest absolute Gasteiger partial charge is 0.507 e. The molecular formula is C19H19NO3. The van der Waals surface area contributed by atoms with Crippen LogP contribution in [0.3, 0.4) is 0 Å². The molecule has 0 saturated heterocycles. The monoisotopic (exact) mass is 309 g/mol. The van der Waals surface area contributed by atoms with Gasteiger partial charge in [-0.25, -0.2) is 0 Å². The molecule has 0 aliphatic rings. The number of hydrogen-bond donors (Lipinski definition) is 2. The summed E-state index contributed by atoms with van der Waals surface area (Å²) in [5.41, 5.74) is 2.53. The maximum Gasteiger partial charge on any atom is 0.196 e. The highest BCUT2D eigenvalue weighted by Crippen LogP contribution is 2.31. The highest BCUT2D eigenvalue weighted by molar-refractivity contribution is 5.85. The van der Waals surface area contributed by atoms with Gasteiger partial charge in [0.25, 0.3) is 0 Å². The van der Waals surface area contributed by atoms with Crippen LogP contribution in [0, 0.1) is 0 Å². The van der Waals surface area contributed by atoms with Crippen LogP contribution >= 0.6 is 0 Å². The van der Waals surface area contributed by atoms with Crippen LogP contribution < -0.4 is 10.7 Å². The van der Waals surface area contributed by atoms with Crippen LogP contribution in [0.25, 0.3) is 22.3 Å². The second-order valence-electron chi connectivity index (χ2n) is 5.43. The number of phenols is 1. The smallest absolute Gasteiger partial charge is 0.196 e. The third-order valence-corrected chi connectivity index (χ3v) is 3.98. The van der Waals surface area contributed by atoms with Crippen LogP contribution in [-0.2, 0) is 13.0 Å². The van der Waals surface area contributed by atoms with E-state index in [2.05, 4.69) is 5.32 Å². The van der Waals surface area contributed by atoms with Gasteiger partial charge in [0, 0.05) is 17.7 Å². The third-order valence-electron chi connectivity index (χ3n) is 3.98. The van der Waals surface area contributed by atoms with Crippen molar-refractivity contribution in [3.8, 4) is 17.1 Å². The van der Waals surface area contributed by atoms with Crippen LogP contribution in [0.15, 0.2) is 51.7 Å². The lowest BCUT2D eigenvalue weighted by atomic mass is 10.0. The lowest BCUT2D eigenvalue weighted by molar-refractivity contribution is 0.464. The summed E-state index contributed by atoms with van der Waals surface area (Å²) >= 11 is 0. The fourth-order valence-corrected chi connectivity index (χ4v) is 2.83. The fourth-order valence-electron chi connectivity index (χ4n) is 2.83. The normalized spacial score (nSPS) is 11.0. The van der Waals surface area contributed by atoms with Crippen LogP contribution in [0.2, 0.25) is 0 Å². The number of nitrogens with one attached hydrogen (secondary N) is 1. The maximum atomic E-state index is 12.9. The Hall–Kier alpha value is -2.59. The fraction of sp³-hybridized carbons (Fsp3) is 0.211. The molecule has 118 valence electrons. The zero-order chi connectivity index (χ0) is 16.4. The molecule has 2 aromatic carbocycles. The first-order chi connectivity index (χ1) is 11.2. The van der Waals surface area contributed by atoms with Gasteiger partial charge in [0.1, 0.15) is 17.1 Å². The summed E-state index contributed by atoms with van der Waals surface area (Å²) in [6, 6.07) is 12.8. The second-order valence-corrected chi connectivity index (χ2v) is 5.43. The molecule has 0 aliphatic heterocycles. The molecular weight excluding hydrogens is 290 g/mol. The van der Waals surface area contributed by atoms with Gasteiger partial charge in [-0.05, 0) is 25.6 Å². The molecule has 4 nitrogen and oxygen atoms in total. The second kappa shape index (κ2) is 6.26. The highest BCUT2D eigenvalue weighted by atomic mass is 16.3. The van der Waals surface area contributed by atoms with Crippen molar-refractivity contribution >= 4 is 11.0 Å². The molecule has 0 atom stereocenters. The molecule has 3 aromatic rings. The molecule has 0 aliphatic carbocycles. The summed E-state index contributed by atoms with van der Waals surface area (Å²) in [6.07, 6.45) is 0.588. The van der Waals surface area contributed by atoms with Crippen LogP contribution in [0.1, 0.15) is 18.1 Å².